The van der Waals surface area contributed by atoms with E-state index >= 15 is 0 Å². The maximum atomic E-state index is 12.2. The number of aromatic nitrogens is 1. The number of para-hydroxylation sites is 2. The molecule has 0 amide bonds. The SMILES string of the molecule is C[s+]1c2ccccc2[n+](=O)c2ccccc21. The molecule has 0 saturated carbocycles. The molecule has 0 saturated heterocycles. The Labute approximate surface area is 95.4 Å². The van der Waals surface area contributed by atoms with Crippen molar-refractivity contribution in [3.63, 3.8) is 0 Å². The first kappa shape index (κ1) is 9.48. The lowest BCUT2D eigenvalue weighted by atomic mass is 10.3. The van der Waals surface area contributed by atoms with Crippen LogP contribution in [0.2, 0.25) is 0 Å². The fraction of sp³-hybridized carbons (Fsp3) is 0.0769. The van der Waals surface area contributed by atoms with Crippen molar-refractivity contribution >= 4 is 30.9 Å². The van der Waals surface area contributed by atoms with Gasteiger partial charge in [0.05, 0.1) is 4.43 Å². The molecule has 0 aliphatic rings. The van der Waals surface area contributed by atoms with Crippen LogP contribution in [0.4, 0.5) is 0 Å². The van der Waals surface area contributed by atoms with Crippen LogP contribution in [-0.2, 0) is 6.26 Å². The first-order valence-electron chi connectivity index (χ1n) is 5.10. The second-order valence-corrected chi connectivity index (χ2v) is 5.64. The quantitative estimate of drug-likeness (QED) is 0.330. The van der Waals surface area contributed by atoms with Crippen LogP contribution in [0.25, 0.3) is 20.4 Å². The Kier molecular flexibility index (Phi) is 2.01. The highest BCUT2D eigenvalue weighted by Crippen LogP contribution is 2.31. The molecule has 2 aromatic carbocycles. The van der Waals surface area contributed by atoms with Gasteiger partial charge in [0.25, 0.3) is 0 Å². The smallest absolute Gasteiger partial charge is 0.0563 e. The molecule has 0 radical (unpaired) electrons. The van der Waals surface area contributed by atoms with Crippen molar-refractivity contribution < 1.29 is 4.43 Å². The second kappa shape index (κ2) is 3.39. The Morgan fingerprint density at radius 1 is 0.875 bits per heavy atom. The number of fused-ring (bicyclic) bond motifs is 2. The van der Waals surface area contributed by atoms with Gasteiger partial charge in [-0.3, -0.25) is 0 Å². The zero-order chi connectivity index (χ0) is 11.1. The van der Waals surface area contributed by atoms with Crippen LogP contribution in [0.3, 0.4) is 0 Å². The van der Waals surface area contributed by atoms with Gasteiger partial charge in [-0.25, -0.2) is 0 Å². The molecule has 1 heterocycles. The van der Waals surface area contributed by atoms with Gasteiger partial charge in [0.15, 0.2) is 0 Å². The van der Waals surface area contributed by atoms with E-state index in [2.05, 4.69) is 6.26 Å². The summed E-state index contributed by atoms with van der Waals surface area (Å²) in [4.78, 5) is 12.2. The van der Waals surface area contributed by atoms with Gasteiger partial charge in [0.1, 0.15) is 6.26 Å². The van der Waals surface area contributed by atoms with E-state index in [0.717, 1.165) is 24.9 Å². The minimum Gasteiger partial charge on any atom is -0.0563 e. The minimum absolute atomic E-state index is 0.00244. The molecule has 16 heavy (non-hydrogen) atoms. The normalized spacial score (nSPS) is 11.1. The van der Waals surface area contributed by atoms with E-state index in [0.29, 0.717) is 0 Å². The number of aryl methyl sites for hydroxylation is 1. The van der Waals surface area contributed by atoms with Gasteiger partial charge in [-0.2, -0.15) is 0 Å². The van der Waals surface area contributed by atoms with Crippen LogP contribution in [0.5, 0.6) is 0 Å². The first-order chi connectivity index (χ1) is 7.79. The lowest BCUT2D eigenvalue weighted by Crippen LogP contribution is -2.15. The third-order valence-corrected chi connectivity index (χ3v) is 4.84. The minimum atomic E-state index is -0.00244. The molecular weight excluding hydrogens is 218 g/mol. The summed E-state index contributed by atoms with van der Waals surface area (Å²) in [6.45, 7) is 0. The Morgan fingerprint density at radius 2 is 1.31 bits per heavy atom. The van der Waals surface area contributed by atoms with E-state index in [1.807, 2.05) is 48.5 Å². The van der Waals surface area contributed by atoms with Gasteiger partial charge in [0.2, 0.25) is 9.40 Å². The number of hydrogen-bond donors (Lipinski definition) is 0. The van der Waals surface area contributed by atoms with Crippen molar-refractivity contribution in [2.45, 2.75) is 0 Å². The molecule has 78 valence electrons. The molecule has 0 aliphatic carbocycles. The lowest BCUT2D eigenvalue weighted by Gasteiger charge is -1.91. The third-order valence-electron chi connectivity index (χ3n) is 2.83. The van der Waals surface area contributed by atoms with Crippen LogP contribution in [0, 0.1) is 4.91 Å². The molecule has 0 atom stereocenters. The van der Waals surface area contributed by atoms with Crippen molar-refractivity contribution in [1.29, 1.82) is 0 Å². The topological polar surface area (TPSA) is 23.0 Å². The number of benzene rings is 2. The Balaban J connectivity index is 2.73. The average Bonchev–Trinajstić information content (AvgIpc) is 2.36. The van der Waals surface area contributed by atoms with E-state index in [1.54, 1.807) is 0 Å². The molecule has 0 fully saturated rings. The summed E-state index contributed by atoms with van der Waals surface area (Å²) in [5, 5.41) is 0. The molecule has 1 aromatic heterocycles. The van der Waals surface area contributed by atoms with Crippen molar-refractivity contribution in [1.82, 2.24) is 0 Å². The standard InChI is InChI=1S/C13H11NOS/c1-16-12-8-4-2-6-10(12)14(15)11-7-3-5-9-13(11)16/h2-9H,1H3/q+2. The Bertz CT molecular complexity index is 686. The maximum Gasteiger partial charge on any atom is 0.322 e. The molecule has 0 unspecified atom stereocenters. The molecule has 3 rings (SSSR count). The predicted molar refractivity (Wildman–Crippen MR) is 68.3 cm³/mol. The largest absolute Gasteiger partial charge is 0.322 e. The molecule has 0 spiro atoms. The maximum absolute atomic E-state index is 12.2. The predicted octanol–water partition coefficient (Wildman–Crippen LogP) is 3.19. The molecular formula is C13H11NOS+2. The van der Waals surface area contributed by atoms with Crippen molar-refractivity contribution in [2.75, 3.05) is 0 Å². The average molecular weight is 229 g/mol. The van der Waals surface area contributed by atoms with E-state index in [1.165, 1.54) is 0 Å². The van der Waals surface area contributed by atoms with E-state index in [9.17, 15) is 4.91 Å². The number of rotatable bonds is 0. The van der Waals surface area contributed by atoms with Crippen molar-refractivity contribution in [2.24, 2.45) is 6.26 Å². The van der Waals surface area contributed by atoms with E-state index < -0.39 is 0 Å². The second-order valence-electron chi connectivity index (χ2n) is 3.74. The Morgan fingerprint density at radius 3 is 1.81 bits per heavy atom. The number of hydrogen-bond acceptors (Lipinski definition) is 1. The summed E-state index contributed by atoms with van der Waals surface area (Å²) in [5.74, 6) is 0. The monoisotopic (exact) mass is 229 g/mol. The fourth-order valence-corrected chi connectivity index (χ4v) is 3.75. The van der Waals surface area contributed by atoms with Crippen LogP contribution in [0.1, 0.15) is 0 Å². The summed E-state index contributed by atoms with van der Waals surface area (Å²) in [7, 11) is -0.00244. The van der Waals surface area contributed by atoms with Gasteiger partial charge >= 0.3 is 11.0 Å². The third kappa shape index (κ3) is 1.18. The summed E-state index contributed by atoms with van der Waals surface area (Å²) in [6, 6.07) is 15.7. The van der Waals surface area contributed by atoms with Gasteiger partial charge in [0, 0.05) is 39.6 Å². The van der Waals surface area contributed by atoms with E-state index in [4.69, 9.17) is 0 Å². The summed E-state index contributed by atoms with van der Waals surface area (Å²) < 4.78 is 3.31. The van der Waals surface area contributed by atoms with Gasteiger partial charge in [-0.05, 0) is 0 Å². The lowest BCUT2D eigenvalue weighted by molar-refractivity contribution is -0.432. The van der Waals surface area contributed by atoms with Gasteiger partial charge < -0.3 is 0 Å². The zero-order valence-corrected chi connectivity index (χ0v) is 9.70. The summed E-state index contributed by atoms with van der Waals surface area (Å²) in [6.07, 6.45) is 2.17. The molecule has 2 nitrogen and oxygen atoms in total. The van der Waals surface area contributed by atoms with Gasteiger partial charge in [-0.1, -0.05) is 24.3 Å². The van der Waals surface area contributed by atoms with Crippen molar-refractivity contribution in [3.8, 4) is 0 Å². The summed E-state index contributed by atoms with van der Waals surface area (Å²) in [5.41, 5.74) is 1.57. The molecule has 0 bridgehead atoms. The number of nitrogens with zero attached hydrogens (tertiary/aromatic N) is 1. The summed E-state index contributed by atoms with van der Waals surface area (Å²) >= 11 is 0. The highest BCUT2D eigenvalue weighted by Gasteiger charge is 2.23. The zero-order valence-electron chi connectivity index (χ0n) is 8.88. The van der Waals surface area contributed by atoms with E-state index in [-0.39, 0.29) is 10.5 Å². The highest BCUT2D eigenvalue weighted by atomic mass is 32.2. The molecule has 0 aliphatic heterocycles. The first-order valence-corrected chi connectivity index (χ1v) is 6.73. The fourth-order valence-electron chi connectivity index (χ4n) is 2.02. The Hall–Kier alpha value is -1.74. The van der Waals surface area contributed by atoms with Crippen molar-refractivity contribution in [3.05, 3.63) is 53.4 Å². The van der Waals surface area contributed by atoms with Crippen LogP contribution in [0.15, 0.2) is 48.5 Å². The van der Waals surface area contributed by atoms with Crippen LogP contribution >= 0.6 is 10.5 Å². The van der Waals surface area contributed by atoms with Crippen LogP contribution in [-0.4, -0.2) is 0 Å². The highest BCUT2D eigenvalue weighted by molar-refractivity contribution is 7.40. The molecule has 3 aromatic rings. The molecule has 3 heteroatoms. The van der Waals surface area contributed by atoms with Gasteiger partial charge in [-0.15, -0.1) is 0 Å². The van der Waals surface area contributed by atoms with Crippen LogP contribution < -0.4 is 4.43 Å². The molecule has 0 N–H and O–H groups in total.